The molecule has 2 aliphatic heterocycles. The molecule has 3 atom stereocenters. The van der Waals surface area contributed by atoms with E-state index in [1.807, 2.05) is 49.4 Å². The molecular formula is C32H36N2O4. The number of ketones is 1. The van der Waals surface area contributed by atoms with Gasteiger partial charge in [-0.2, -0.15) is 0 Å². The molecule has 3 unspecified atom stereocenters. The molecule has 0 radical (unpaired) electrons. The molecule has 1 spiro atoms. The first-order valence-electron chi connectivity index (χ1n) is 13.1. The summed E-state index contributed by atoms with van der Waals surface area (Å²) in [6, 6.07) is 13.3. The molecule has 0 saturated carbocycles. The van der Waals surface area contributed by atoms with Gasteiger partial charge in [0.2, 0.25) is 0 Å². The third-order valence-electron chi connectivity index (χ3n) is 7.34. The van der Waals surface area contributed by atoms with E-state index in [1.165, 1.54) is 0 Å². The van der Waals surface area contributed by atoms with Gasteiger partial charge in [0.1, 0.15) is 11.9 Å². The Labute approximate surface area is 225 Å². The van der Waals surface area contributed by atoms with Gasteiger partial charge >= 0.3 is 0 Å². The van der Waals surface area contributed by atoms with Gasteiger partial charge in [-0.05, 0) is 60.7 Å². The van der Waals surface area contributed by atoms with Crippen LogP contribution in [0.1, 0.15) is 49.0 Å². The Kier molecular flexibility index (Phi) is 8.42. The number of carbonyl (C=O) groups is 2. The van der Waals surface area contributed by atoms with Crippen LogP contribution in [0.2, 0.25) is 0 Å². The fraction of sp³-hybridized carbons (Fsp3) is 0.344. The van der Waals surface area contributed by atoms with Crippen molar-refractivity contribution in [3.63, 3.8) is 0 Å². The van der Waals surface area contributed by atoms with Crippen molar-refractivity contribution in [1.82, 2.24) is 5.32 Å². The van der Waals surface area contributed by atoms with Gasteiger partial charge in [-0.25, -0.2) is 0 Å². The lowest BCUT2D eigenvalue weighted by atomic mass is 9.70. The van der Waals surface area contributed by atoms with Crippen LogP contribution in [0.4, 0.5) is 0 Å². The zero-order valence-electron chi connectivity index (χ0n) is 22.5. The first-order valence-corrected chi connectivity index (χ1v) is 13.1. The Morgan fingerprint density at radius 3 is 2.74 bits per heavy atom. The zero-order valence-corrected chi connectivity index (χ0v) is 22.5. The van der Waals surface area contributed by atoms with Gasteiger partial charge in [0, 0.05) is 42.8 Å². The van der Waals surface area contributed by atoms with Crippen molar-refractivity contribution in [2.75, 3.05) is 20.3 Å². The highest BCUT2D eigenvalue weighted by Gasteiger charge is 2.51. The third kappa shape index (κ3) is 5.27. The first kappa shape index (κ1) is 27.3. The van der Waals surface area contributed by atoms with Gasteiger partial charge in [0.15, 0.2) is 11.3 Å². The quantitative estimate of drug-likeness (QED) is 0.339. The summed E-state index contributed by atoms with van der Waals surface area (Å²) in [5, 5.41) is 2.86. The molecule has 1 N–H and O–H groups in total. The Morgan fingerprint density at radius 1 is 1.24 bits per heavy atom. The Bertz CT molecular complexity index is 1310. The lowest BCUT2D eigenvalue weighted by molar-refractivity contribution is -0.130. The molecule has 6 heteroatoms. The number of methoxy groups -OCH3 is 1. The van der Waals surface area contributed by atoms with Gasteiger partial charge in [0.25, 0.3) is 5.91 Å². The van der Waals surface area contributed by atoms with E-state index in [0.717, 1.165) is 34.4 Å². The van der Waals surface area contributed by atoms with Crippen LogP contribution in [-0.2, 0) is 15.1 Å². The lowest BCUT2D eigenvalue weighted by Gasteiger charge is -2.43. The Balaban J connectivity index is 1.81. The summed E-state index contributed by atoms with van der Waals surface area (Å²) in [5.74, 6) is 0.504. The molecule has 6 nitrogen and oxygen atoms in total. The number of hydrogen-bond donors (Lipinski definition) is 1. The van der Waals surface area contributed by atoms with Crippen LogP contribution in [0.3, 0.4) is 0 Å². The monoisotopic (exact) mass is 512 g/mol. The predicted molar refractivity (Wildman–Crippen MR) is 152 cm³/mol. The van der Waals surface area contributed by atoms with Crippen LogP contribution in [0.5, 0.6) is 5.75 Å². The second-order valence-electron chi connectivity index (χ2n) is 9.84. The van der Waals surface area contributed by atoms with Crippen molar-refractivity contribution in [3.05, 3.63) is 90.6 Å². The number of Topliss-reactive ketones (excluding diaryl/α,β-unsaturated/α-hetero) is 1. The summed E-state index contributed by atoms with van der Waals surface area (Å²) in [6.07, 6.45) is 6.78. The van der Waals surface area contributed by atoms with Gasteiger partial charge in [-0.1, -0.05) is 56.5 Å². The van der Waals surface area contributed by atoms with Gasteiger partial charge in [0.05, 0.1) is 6.61 Å². The lowest BCUT2D eigenvalue weighted by Crippen LogP contribution is -2.49. The van der Waals surface area contributed by atoms with Crippen LogP contribution in [0, 0.1) is 5.92 Å². The van der Waals surface area contributed by atoms with E-state index in [0.29, 0.717) is 37.3 Å². The SMILES string of the molecule is C=CC=C(C=C)C1CC2(N=C(C)CC(CC)C2=O)c2cc(-c3cccc(C(=O)NCCOC)c3)ccc2O1. The van der Waals surface area contributed by atoms with Crippen LogP contribution in [-0.4, -0.2) is 43.8 Å². The minimum atomic E-state index is -1.05. The summed E-state index contributed by atoms with van der Waals surface area (Å²) < 4.78 is 11.5. The summed E-state index contributed by atoms with van der Waals surface area (Å²) in [4.78, 5) is 31.8. The van der Waals surface area contributed by atoms with Crippen LogP contribution >= 0.6 is 0 Å². The fourth-order valence-corrected chi connectivity index (χ4v) is 5.43. The number of nitrogens with one attached hydrogen (secondary N) is 1. The molecule has 2 heterocycles. The number of aliphatic imine (C=N–C) groups is 1. The first-order chi connectivity index (χ1) is 18.4. The molecule has 1 amide bonds. The largest absolute Gasteiger partial charge is 0.485 e. The van der Waals surface area contributed by atoms with E-state index in [-0.39, 0.29) is 23.7 Å². The molecule has 2 aromatic carbocycles. The molecule has 2 aliphatic rings. The number of amides is 1. The van der Waals surface area contributed by atoms with Crippen molar-refractivity contribution in [2.24, 2.45) is 10.9 Å². The number of carbonyl (C=O) groups excluding carboxylic acids is 2. The highest BCUT2D eigenvalue weighted by atomic mass is 16.5. The number of rotatable bonds is 9. The van der Waals surface area contributed by atoms with Crippen LogP contribution < -0.4 is 10.1 Å². The maximum Gasteiger partial charge on any atom is 0.251 e. The molecule has 4 rings (SSSR count). The molecule has 0 aliphatic carbocycles. The van der Waals surface area contributed by atoms with Crippen molar-refractivity contribution in [3.8, 4) is 16.9 Å². The average Bonchev–Trinajstić information content (AvgIpc) is 2.93. The molecule has 0 saturated heterocycles. The minimum absolute atomic E-state index is 0.0996. The van der Waals surface area contributed by atoms with E-state index in [2.05, 4.69) is 25.4 Å². The van der Waals surface area contributed by atoms with E-state index >= 15 is 0 Å². The highest BCUT2D eigenvalue weighted by molar-refractivity contribution is 6.02. The third-order valence-corrected chi connectivity index (χ3v) is 7.34. The van der Waals surface area contributed by atoms with Crippen LogP contribution in [0.15, 0.2) is 84.4 Å². The van der Waals surface area contributed by atoms with E-state index in [1.54, 1.807) is 25.3 Å². The van der Waals surface area contributed by atoms with Crippen LogP contribution in [0.25, 0.3) is 11.1 Å². The topological polar surface area (TPSA) is 77.0 Å². The summed E-state index contributed by atoms with van der Waals surface area (Å²) >= 11 is 0. The second-order valence-corrected chi connectivity index (χ2v) is 9.84. The number of hydrogen-bond acceptors (Lipinski definition) is 5. The second kappa shape index (κ2) is 11.7. The number of allylic oxidation sites excluding steroid dienone is 2. The smallest absolute Gasteiger partial charge is 0.251 e. The summed E-state index contributed by atoms with van der Waals surface area (Å²) in [5.41, 5.74) is 3.87. The van der Waals surface area contributed by atoms with Gasteiger partial charge in [-0.3, -0.25) is 14.6 Å². The minimum Gasteiger partial charge on any atom is -0.485 e. The standard InChI is InChI=1S/C32H36N2O4/c1-6-10-22(7-2)29-20-32(30(35)23(8-3)17-21(4)34-32)27-19-25(13-14-28(27)38-29)24-11-9-12-26(18-24)31(36)33-15-16-37-5/h6-7,9-14,18-19,23,29H,1-2,8,15-17,20H2,3-5H3,(H,33,36). The fourth-order valence-electron chi connectivity index (χ4n) is 5.43. The van der Waals surface area contributed by atoms with Gasteiger partial charge < -0.3 is 14.8 Å². The zero-order chi connectivity index (χ0) is 27.3. The number of ether oxygens (including phenoxy) is 2. The molecule has 0 aromatic heterocycles. The molecular weight excluding hydrogens is 476 g/mol. The van der Waals surface area contributed by atoms with Gasteiger partial charge in [-0.15, -0.1) is 0 Å². The normalized spacial score (nSPS) is 22.8. The number of benzene rings is 2. The Hall–Kier alpha value is -3.77. The molecule has 0 bridgehead atoms. The van der Waals surface area contributed by atoms with Crippen molar-refractivity contribution >= 4 is 17.4 Å². The predicted octanol–water partition coefficient (Wildman–Crippen LogP) is 5.83. The molecule has 2 aromatic rings. The Morgan fingerprint density at radius 2 is 2.03 bits per heavy atom. The number of nitrogens with zero attached hydrogens (tertiary/aromatic N) is 1. The molecule has 38 heavy (non-hydrogen) atoms. The van der Waals surface area contributed by atoms with Crippen molar-refractivity contribution in [1.29, 1.82) is 0 Å². The maximum absolute atomic E-state index is 14.1. The molecule has 0 fully saturated rings. The highest BCUT2D eigenvalue weighted by Crippen LogP contribution is 2.49. The van der Waals surface area contributed by atoms with E-state index in [4.69, 9.17) is 14.5 Å². The average molecular weight is 513 g/mol. The number of fused-ring (bicyclic) bond motifs is 2. The van der Waals surface area contributed by atoms with Crippen molar-refractivity contribution in [2.45, 2.75) is 44.8 Å². The van der Waals surface area contributed by atoms with Crippen molar-refractivity contribution < 1.29 is 19.1 Å². The molecule has 198 valence electrons. The van der Waals surface area contributed by atoms with E-state index < -0.39 is 5.54 Å². The summed E-state index contributed by atoms with van der Waals surface area (Å²) in [6.45, 7) is 12.7. The van der Waals surface area contributed by atoms with E-state index in [9.17, 15) is 9.59 Å². The summed E-state index contributed by atoms with van der Waals surface area (Å²) in [7, 11) is 1.60. The maximum atomic E-state index is 14.1.